The van der Waals surface area contributed by atoms with Crippen molar-refractivity contribution in [3.05, 3.63) is 82.9 Å². The summed E-state index contributed by atoms with van der Waals surface area (Å²) in [6, 6.07) is 22.9. The molecule has 0 saturated carbocycles. The van der Waals surface area contributed by atoms with Crippen molar-refractivity contribution in [2.24, 2.45) is 0 Å². The van der Waals surface area contributed by atoms with Gasteiger partial charge in [0.15, 0.2) is 0 Å². The van der Waals surface area contributed by atoms with Gasteiger partial charge in [-0.1, -0.05) is 67.6 Å². The number of carbonyl (C=O) groups excluding carboxylic acids is 1. The van der Waals surface area contributed by atoms with Gasteiger partial charge in [-0.2, -0.15) is 0 Å². The van der Waals surface area contributed by atoms with Gasteiger partial charge in [0.1, 0.15) is 0 Å². The van der Waals surface area contributed by atoms with Gasteiger partial charge in [-0.25, -0.2) is 0 Å². The lowest BCUT2D eigenvalue weighted by Gasteiger charge is -2.50. The highest BCUT2D eigenvalue weighted by Gasteiger charge is 2.46. The van der Waals surface area contributed by atoms with Gasteiger partial charge in [-0.05, 0) is 65.1 Å². The Kier molecular flexibility index (Phi) is 4.46. The third kappa shape index (κ3) is 3.15. The molecular weight excluding hydrogens is 354 g/mol. The predicted octanol–water partition coefficient (Wildman–Crippen LogP) is 5.45. The molecule has 0 bridgehead atoms. The second-order valence-corrected chi connectivity index (χ2v) is 9.15. The number of likely N-dealkylation sites (N-methyl/N-ethyl adjacent to an activating group) is 1. The summed E-state index contributed by atoms with van der Waals surface area (Å²) in [7, 11) is 1.99. The van der Waals surface area contributed by atoms with Crippen LogP contribution in [0.2, 0.25) is 0 Å². The van der Waals surface area contributed by atoms with E-state index in [0.29, 0.717) is 18.4 Å². The van der Waals surface area contributed by atoms with Gasteiger partial charge in [0.05, 0.1) is 0 Å². The Morgan fingerprint density at radius 2 is 1.66 bits per heavy atom. The number of piperidine rings is 1. The molecule has 0 unspecified atom stereocenters. The lowest BCUT2D eigenvalue weighted by atomic mass is 9.63. The standard InChI is InChI=1S/C27H29NO/c1-27-16-15-26(29)28(2)25(27)14-12-23-18-20(10-13-24(23)27)8-7-19-9-11-21-5-3-4-6-22(21)17-19/h3-6,9-11,13,17-18,25H,7-8,12,14-16H2,1-2H3/t25-,27-/m1/s1. The van der Waals surface area contributed by atoms with Gasteiger partial charge in [0, 0.05) is 24.9 Å². The summed E-state index contributed by atoms with van der Waals surface area (Å²) in [5, 5.41) is 2.63. The van der Waals surface area contributed by atoms with Crippen molar-refractivity contribution in [1.29, 1.82) is 0 Å². The monoisotopic (exact) mass is 383 g/mol. The first-order valence-corrected chi connectivity index (χ1v) is 10.9. The van der Waals surface area contributed by atoms with Crippen LogP contribution >= 0.6 is 0 Å². The smallest absolute Gasteiger partial charge is 0.222 e. The Morgan fingerprint density at radius 3 is 2.48 bits per heavy atom. The zero-order valence-corrected chi connectivity index (χ0v) is 17.4. The average molecular weight is 384 g/mol. The van der Waals surface area contributed by atoms with Gasteiger partial charge in [-0.15, -0.1) is 0 Å². The van der Waals surface area contributed by atoms with Gasteiger partial charge in [0.25, 0.3) is 0 Å². The van der Waals surface area contributed by atoms with Crippen LogP contribution in [0, 0.1) is 0 Å². The fourth-order valence-corrected chi connectivity index (χ4v) is 5.68. The first-order chi connectivity index (χ1) is 14.0. The van der Waals surface area contributed by atoms with Gasteiger partial charge < -0.3 is 4.90 Å². The Labute approximate surface area is 173 Å². The zero-order chi connectivity index (χ0) is 20.0. The van der Waals surface area contributed by atoms with Crippen LogP contribution in [0.1, 0.15) is 48.4 Å². The maximum Gasteiger partial charge on any atom is 0.222 e. The molecule has 0 radical (unpaired) electrons. The summed E-state index contributed by atoms with van der Waals surface area (Å²) < 4.78 is 0. The van der Waals surface area contributed by atoms with Crippen LogP contribution in [0.4, 0.5) is 0 Å². The lowest BCUT2D eigenvalue weighted by molar-refractivity contribution is -0.138. The minimum absolute atomic E-state index is 0.104. The average Bonchev–Trinajstić information content (AvgIpc) is 2.75. The molecule has 2 aliphatic rings. The molecule has 29 heavy (non-hydrogen) atoms. The minimum Gasteiger partial charge on any atom is -0.342 e. The SMILES string of the molecule is CN1C(=O)CC[C@]2(C)c3ccc(CCc4ccc5ccccc5c4)cc3CC[C@@H]12. The van der Waals surface area contributed by atoms with E-state index in [9.17, 15) is 4.79 Å². The Bertz CT molecular complexity index is 1080. The van der Waals surface area contributed by atoms with E-state index in [1.54, 1.807) is 0 Å². The highest BCUT2D eigenvalue weighted by atomic mass is 16.2. The van der Waals surface area contributed by atoms with Gasteiger partial charge in [0.2, 0.25) is 5.91 Å². The number of likely N-dealkylation sites (tertiary alicyclic amines) is 1. The Morgan fingerprint density at radius 1 is 0.931 bits per heavy atom. The van der Waals surface area contributed by atoms with Crippen LogP contribution < -0.4 is 0 Å². The molecule has 1 aliphatic heterocycles. The molecule has 5 rings (SSSR count). The molecule has 3 aromatic carbocycles. The van der Waals surface area contributed by atoms with E-state index < -0.39 is 0 Å². The molecule has 1 amide bonds. The first kappa shape index (κ1) is 18.4. The zero-order valence-electron chi connectivity index (χ0n) is 17.4. The molecular formula is C27H29NO. The number of fused-ring (bicyclic) bond motifs is 4. The summed E-state index contributed by atoms with van der Waals surface area (Å²) in [4.78, 5) is 14.2. The lowest BCUT2D eigenvalue weighted by Crippen LogP contribution is -2.56. The maximum absolute atomic E-state index is 12.2. The molecule has 148 valence electrons. The summed E-state index contributed by atoms with van der Waals surface area (Å²) >= 11 is 0. The van der Waals surface area contributed by atoms with E-state index in [4.69, 9.17) is 0 Å². The van der Waals surface area contributed by atoms with Crippen LogP contribution in [0.25, 0.3) is 10.8 Å². The number of hydrogen-bond donors (Lipinski definition) is 0. The molecule has 2 heteroatoms. The number of aryl methyl sites for hydroxylation is 3. The van der Waals surface area contributed by atoms with Gasteiger partial charge >= 0.3 is 0 Å². The number of rotatable bonds is 3. The van der Waals surface area contributed by atoms with E-state index >= 15 is 0 Å². The van der Waals surface area contributed by atoms with Crippen molar-refractivity contribution < 1.29 is 4.79 Å². The highest BCUT2D eigenvalue weighted by Crippen LogP contribution is 2.45. The van der Waals surface area contributed by atoms with Crippen molar-refractivity contribution in [2.45, 2.75) is 56.9 Å². The molecule has 0 N–H and O–H groups in total. The van der Waals surface area contributed by atoms with Crippen molar-refractivity contribution in [2.75, 3.05) is 7.05 Å². The van der Waals surface area contributed by atoms with Crippen molar-refractivity contribution in [3.63, 3.8) is 0 Å². The summed E-state index contributed by atoms with van der Waals surface area (Å²) in [5.41, 5.74) is 5.91. The van der Waals surface area contributed by atoms with Crippen LogP contribution in [0.5, 0.6) is 0 Å². The molecule has 1 heterocycles. The molecule has 1 saturated heterocycles. The summed E-state index contributed by atoms with van der Waals surface area (Å²) in [5.74, 6) is 0.308. The summed E-state index contributed by atoms with van der Waals surface area (Å²) in [6.45, 7) is 2.37. The summed E-state index contributed by atoms with van der Waals surface area (Å²) in [6.07, 6.45) is 5.96. The fourth-order valence-electron chi connectivity index (χ4n) is 5.68. The van der Waals surface area contributed by atoms with Crippen LogP contribution in [0.15, 0.2) is 60.7 Å². The van der Waals surface area contributed by atoms with E-state index in [1.807, 2.05) is 11.9 Å². The second kappa shape index (κ2) is 7.02. The highest BCUT2D eigenvalue weighted by molar-refractivity contribution is 5.83. The molecule has 0 spiro atoms. The maximum atomic E-state index is 12.2. The van der Waals surface area contributed by atoms with Crippen LogP contribution in [-0.4, -0.2) is 23.9 Å². The number of nitrogens with zero attached hydrogens (tertiary/aromatic N) is 1. The topological polar surface area (TPSA) is 20.3 Å². The third-order valence-corrected chi connectivity index (χ3v) is 7.44. The van der Waals surface area contributed by atoms with E-state index in [2.05, 4.69) is 67.6 Å². The van der Waals surface area contributed by atoms with E-state index in [0.717, 1.165) is 32.1 Å². The first-order valence-electron chi connectivity index (χ1n) is 10.9. The number of hydrogen-bond acceptors (Lipinski definition) is 1. The normalized spacial score (nSPS) is 23.7. The largest absolute Gasteiger partial charge is 0.342 e. The van der Waals surface area contributed by atoms with Crippen LogP contribution in [0.3, 0.4) is 0 Å². The second-order valence-electron chi connectivity index (χ2n) is 9.15. The Balaban J connectivity index is 1.36. The quantitative estimate of drug-likeness (QED) is 0.589. The predicted molar refractivity (Wildman–Crippen MR) is 119 cm³/mol. The molecule has 2 atom stereocenters. The van der Waals surface area contributed by atoms with Crippen molar-refractivity contribution in [1.82, 2.24) is 4.90 Å². The third-order valence-electron chi connectivity index (χ3n) is 7.44. The van der Waals surface area contributed by atoms with Gasteiger partial charge in [-0.3, -0.25) is 4.79 Å². The molecule has 0 aromatic heterocycles. The molecule has 3 aromatic rings. The van der Waals surface area contributed by atoms with E-state index in [-0.39, 0.29) is 5.41 Å². The number of amides is 1. The fraction of sp³-hybridized carbons (Fsp3) is 0.370. The molecule has 2 nitrogen and oxygen atoms in total. The number of carbonyl (C=O) groups is 1. The Hall–Kier alpha value is -2.61. The molecule has 1 aliphatic carbocycles. The number of benzene rings is 3. The van der Waals surface area contributed by atoms with Crippen molar-refractivity contribution in [3.8, 4) is 0 Å². The van der Waals surface area contributed by atoms with Crippen molar-refractivity contribution >= 4 is 16.7 Å². The minimum atomic E-state index is 0.104. The van der Waals surface area contributed by atoms with E-state index in [1.165, 1.54) is 33.0 Å². The molecule has 1 fully saturated rings. The van der Waals surface area contributed by atoms with Crippen LogP contribution in [-0.2, 0) is 29.5 Å².